The van der Waals surface area contributed by atoms with E-state index in [0.717, 1.165) is 17.0 Å². The van der Waals surface area contributed by atoms with Crippen molar-refractivity contribution in [2.75, 3.05) is 11.1 Å². The van der Waals surface area contributed by atoms with Crippen molar-refractivity contribution in [3.8, 4) is 0 Å². The van der Waals surface area contributed by atoms with E-state index in [-0.39, 0.29) is 5.91 Å². The molecule has 0 unspecified atom stereocenters. The number of anilines is 1. The first kappa shape index (κ1) is 15.9. The predicted molar refractivity (Wildman–Crippen MR) is 92.2 cm³/mol. The summed E-state index contributed by atoms with van der Waals surface area (Å²) in [6.45, 7) is 4.04. The van der Waals surface area contributed by atoms with Crippen LogP contribution >= 0.6 is 23.4 Å². The minimum Gasteiger partial charge on any atom is -0.325 e. The summed E-state index contributed by atoms with van der Waals surface area (Å²) in [5.41, 5.74) is 4.32. The number of nitrogens with one attached hydrogen (secondary N) is 1. The highest BCUT2D eigenvalue weighted by Gasteiger charge is 2.06. The Balaban J connectivity index is 1.85. The number of halogens is 1. The fourth-order valence-electron chi connectivity index (χ4n) is 1.94. The molecule has 1 amide bonds. The van der Waals surface area contributed by atoms with Crippen LogP contribution in [0.15, 0.2) is 42.5 Å². The highest BCUT2D eigenvalue weighted by atomic mass is 35.5. The minimum atomic E-state index is -0.000971. The van der Waals surface area contributed by atoms with E-state index in [0.29, 0.717) is 10.8 Å². The Bertz CT molecular complexity index is 642. The van der Waals surface area contributed by atoms with E-state index in [1.807, 2.05) is 31.2 Å². The van der Waals surface area contributed by atoms with Gasteiger partial charge in [0.1, 0.15) is 0 Å². The van der Waals surface area contributed by atoms with Crippen molar-refractivity contribution in [3.63, 3.8) is 0 Å². The summed E-state index contributed by atoms with van der Waals surface area (Å²) in [4.78, 5) is 12.0. The maximum atomic E-state index is 12.0. The largest absolute Gasteiger partial charge is 0.325 e. The van der Waals surface area contributed by atoms with Gasteiger partial charge in [-0.25, -0.2) is 0 Å². The molecule has 21 heavy (non-hydrogen) atoms. The topological polar surface area (TPSA) is 29.1 Å². The number of aryl methyl sites for hydroxylation is 2. The number of hydrogen-bond donors (Lipinski definition) is 1. The number of carbonyl (C=O) groups excluding carboxylic acids is 1. The van der Waals surface area contributed by atoms with Gasteiger partial charge in [-0.1, -0.05) is 41.9 Å². The van der Waals surface area contributed by atoms with Crippen molar-refractivity contribution < 1.29 is 4.79 Å². The molecule has 0 spiro atoms. The van der Waals surface area contributed by atoms with E-state index in [2.05, 4.69) is 24.4 Å². The van der Waals surface area contributed by atoms with Gasteiger partial charge in [0, 0.05) is 16.5 Å². The molecule has 0 aliphatic carbocycles. The smallest absolute Gasteiger partial charge is 0.234 e. The number of hydrogen-bond acceptors (Lipinski definition) is 2. The normalized spacial score (nSPS) is 10.4. The number of rotatable bonds is 5. The fourth-order valence-corrected chi connectivity index (χ4v) is 3.02. The van der Waals surface area contributed by atoms with Gasteiger partial charge in [-0.3, -0.25) is 4.79 Å². The molecular formula is C17H18ClNOS. The summed E-state index contributed by atoms with van der Waals surface area (Å²) in [7, 11) is 0. The lowest BCUT2D eigenvalue weighted by molar-refractivity contribution is -0.113. The van der Waals surface area contributed by atoms with Crippen molar-refractivity contribution in [1.82, 2.24) is 0 Å². The van der Waals surface area contributed by atoms with Crippen molar-refractivity contribution >= 4 is 35.0 Å². The Kier molecular flexibility index (Phi) is 5.71. The lowest BCUT2D eigenvalue weighted by Gasteiger charge is -2.09. The zero-order chi connectivity index (χ0) is 15.2. The molecule has 2 nitrogen and oxygen atoms in total. The molecule has 0 aliphatic rings. The van der Waals surface area contributed by atoms with Crippen LogP contribution in [0.4, 0.5) is 5.69 Å². The fraction of sp³-hybridized carbons (Fsp3) is 0.235. The SMILES string of the molecule is Cc1ccccc1CSCC(=O)Nc1cc(Cl)ccc1C. The Morgan fingerprint density at radius 3 is 2.67 bits per heavy atom. The van der Waals surface area contributed by atoms with Gasteiger partial charge < -0.3 is 5.32 Å². The quantitative estimate of drug-likeness (QED) is 0.855. The maximum Gasteiger partial charge on any atom is 0.234 e. The van der Waals surface area contributed by atoms with Crippen LogP contribution in [0.25, 0.3) is 0 Å². The van der Waals surface area contributed by atoms with Gasteiger partial charge in [0.25, 0.3) is 0 Å². The zero-order valence-electron chi connectivity index (χ0n) is 12.2. The van der Waals surface area contributed by atoms with E-state index >= 15 is 0 Å². The van der Waals surface area contributed by atoms with Crippen LogP contribution in [0.5, 0.6) is 0 Å². The first-order valence-electron chi connectivity index (χ1n) is 6.74. The maximum absolute atomic E-state index is 12.0. The third-order valence-electron chi connectivity index (χ3n) is 3.23. The Labute approximate surface area is 134 Å². The van der Waals surface area contributed by atoms with Crippen LogP contribution < -0.4 is 5.32 Å². The number of thioether (sulfide) groups is 1. The molecule has 0 bridgehead atoms. The summed E-state index contributed by atoms with van der Waals surface area (Å²) < 4.78 is 0. The van der Waals surface area contributed by atoms with Gasteiger partial charge >= 0.3 is 0 Å². The first-order valence-corrected chi connectivity index (χ1v) is 8.28. The molecule has 0 atom stereocenters. The van der Waals surface area contributed by atoms with Gasteiger partial charge in [0.2, 0.25) is 5.91 Å². The van der Waals surface area contributed by atoms with E-state index in [4.69, 9.17) is 11.6 Å². The highest BCUT2D eigenvalue weighted by molar-refractivity contribution is 7.99. The van der Waals surface area contributed by atoms with Crippen LogP contribution in [-0.2, 0) is 10.5 Å². The molecular weight excluding hydrogens is 302 g/mol. The van der Waals surface area contributed by atoms with Crippen molar-refractivity contribution in [2.45, 2.75) is 19.6 Å². The number of amides is 1. The third-order valence-corrected chi connectivity index (χ3v) is 4.44. The predicted octanol–water partition coefficient (Wildman–Crippen LogP) is 4.83. The molecule has 1 N–H and O–H groups in total. The second kappa shape index (κ2) is 7.53. The molecule has 4 heteroatoms. The van der Waals surface area contributed by atoms with E-state index < -0.39 is 0 Å². The standard InChI is InChI=1S/C17H18ClNOS/c1-12-5-3-4-6-14(12)10-21-11-17(20)19-16-9-15(18)8-7-13(16)2/h3-9H,10-11H2,1-2H3,(H,19,20). The molecule has 0 aliphatic heterocycles. The van der Waals surface area contributed by atoms with Crippen molar-refractivity contribution in [3.05, 3.63) is 64.2 Å². The molecule has 0 saturated heterocycles. The summed E-state index contributed by atoms with van der Waals surface area (Å²) in [5, 5.41) is 3.54. The number of benzene rings is 2. The summed E-state index contributed by atoms with van der Waals surface area (Å²) in [6.07, 6.45) is 0. The molecule has 2 rings (SSSR count). The van der Waals surface area contributed by atoms with Crippen molar-refractivity contribution in [1.29, 1.82) is 0 Å². The lowest BCUT2D eigenvalue weighted by atomic mass is 10.1. The van der Waals surface area contributed by atoms with E-state index in [1.165, 1.54) is 11.1 Å². The number of carbonyl (C=O) groups is 1. The van der Waals surface area contributed by atoms with Gasteiger partial charge in [0.05, 0.1) is 5.75 Å². The Morgan fingerprint density at radius 2 is 1.90 bits per heavy atom. The minimum absolute atomic E-state index is 0.000971. The molecule has 0 radical (unpaired) electrons. The lowest BCUT2D eigenvalue weighted by Crippen LogP contribution is -2.15. The summed E-state index contributed by atoms with van der Waals surface area (Å²) in [6, 6.07) is 13.7. The highest BCUT2D eigenvalue weighted by Crippen LogP contribution is 2.21. The van der Waals surface area contributed by atoms with Crippen LogP contribution in [0.3, 0.4) is 0 Å². The molecule has 0 heterocycles. The third kappa shape index (κ3) is 4.80. The average molecular weight is 320 g/mol. The summed E-state index contributed by atoms with van der Waals surface area (Å²) in [5.74, 6) is 1.27. The molecule has 0 aromatic heterocycles. The molecule has 0 saturated carbocycles. The first-order chi connectivity index (χ1) is 10.1. The van der Waals surface area contributed by atoms with Gasteiger partial charge in [0.15, 0.2) is 0 Å². The molecule has 0 fully saturated rings. The van der Waals surface area contributed by atoms with Crippen LogP contribution in [0.2, 0.25) is 5.02 Å². The molecule has 2 aromatic carbocycles. The summed E-state index contributed by atoms with van der Waals surface area (Å²) >= 11 is 7.56. The Hall–Kier alpha value is -1.45. The van der Waals surface area contributed by atoms with Crippen LogP contribution in [-0.4, -0.2) is 11.7 Å². The van der Waals surface area contributed by atoms with Crippen LogP contribution in [0, 0.1) is 13.8 Å². The zero-order valence-corrected chi connectivity index (χ0v) is 13.7. The van der Waals surface area contributed by atoms with Gasteiger partial charge in [-0.15, -0.1) is 11.8 Å². The molecule has 2 aromatic rings. The molecule has 110 valence electrons. The second-order valence-corrected chi connectivity index (χ2v) is 6.35. The van der Waals surface area contributed by atoms with Gasteiger partial charge in [-0.2, -0.15) is 0 Å². The van der Waals surface area contributed by atoms with Crippen LogP contribution in [0.1, 0.15) is 16.7 Å². The Morgan fingerprint density at radius 1 is 1.14 bits per heavy atom. The average Bonchev–Trinajstić information content (AvgIpc) is 2.45. The van der Waals surface area contributed by atoms with Crippen molar-refractivity contribution in [2.24, 2.45) is 0 Å². The van der Waals surface area contributed by atoms with E-state index in [1.54, 1.807) is 17.8 Å². The van der Waals surface area contributed by atoms with E-state index in [9.17, 15) is 4.79 Å². The monoisotopic (exact) mass is 319 g/mol. The second-order valence-electron chi connectivity index (χ2n) is 4.93. The van der Waals surface area contributed by atoms with Gasteiger partial charge in [-0.05, 0) is 42.7 Å².